The van der Waals surface area contributed by atoms with E-state index in [0.717, 1.165) is 49.5 Å². The van der Waals surface area contributed by atoms with Crippen molar-refractivity contribution in [3.8, 4) is 0 Å². The monoisotopic (exact) mass is 434 g/mol. The summed E-state index contributed by atoms with van der Waals surface area (Å²) in [5.41, 5.74) is 3.95. The molecule has 0 radical (unpaired) electrons. The Morgan fingerprint density at radius 3 is 2.77 bits per heavy atom. The lowest BCUT2D eigenvalue weighted by atomic mass is 10.2. The number of hydrogen-bond donors (Lipinski definition) is 2. The van der Waals surface area contributed by atoms with Gasteiger partial charge in [0.2, 0.25) is 0 Å². The zero-order valence-corrected chi connectivity index (χ0v) is 17.7. The van der Waals surface area contributed by atoms with Crippen molar-refractivity contribution in [2.45, 2.75) is 6.42 Å². The number of rotatable bonds is 4. The van der Waals surface area contributed by atoms with Crippen molar-refractivity contribution < 1.29 is 9.59 Å². The molecule has 0 atom stereocenters. The van der Waals surface area contributed by atoms with Gasteiger partial charge in [-0.2, -0.15) is 0 Å². The number of pyridine rings is 1. The van der Waals surface area contributed by atoms with Crippen molar-refractivity contribution in [2.24, 2.45) is 0 Å². The molecule has 5 rings (SSSR count). The molecule has 8 nitrogen and oxygen atoms in total. The molecular weight excluding hydrogens is 412 g/mol. The number of fused-ring (bicyclic) bond motifs is 1. The first-order chi connectivity index (χ1) is 15.2. The van der Waals surface area contributed by atoms with Crippen molar-refractivity contribution in [2.75, 3.05) is 47.8 Å². The smallest absolute Gasteiger partial charge is 0.284 e. The van der Waals surface area contributed by atoms with E-state index in [4.69, 9.17) is 0 Å². The van der Waals surface area contributed by atoms with Crippen LogP contribution in [0.15, 0.2) is 48.1 Å². The van der Waals surface area contributed by atoms with Crippen LogP contribution in [0.25, 0.3) is 0 Å². The Morgan fingerprint density at radius 2 is 1.90 bits per heavy atom. The zero-order valence-electron chi connectivity index (χ0n) is 16.9. The highest BCUT2D eigenvalue weighted by Crippen LogP contribution is 2.29. The second-order valence-electron chi connectivity index (χ2n) is 7.46. The minimum absolute atomic E-state index is 0.178. The van der Waals surface area contributed by atoms with Crippen LogP contribution in [0.2, 0.25) is 0 Å². The SMILES string of the molecule is O=C(Nc1cnccc1N1CCNCC1)c1nc(C(=O)N2CCc3ccccc32)cs1. The van der Waals surface area contributed by atoms with Gasteiger partial charge in [0.15, 0.2) is 5.01 Å². The summed E-state index contributed by atoms with van der Waals surface area (Å²) in [6.45, 7) is 4.14. The molecule has 9 heteroatoms. The summed E-state index contributed by atoms with van der Waals surface area (Å²) in [5.74, 6) is -0.515. The molecule has 0 saturated carbocycles. The molecule has 0 unspecified atom stereocenters. The number of nitrogens with one attached hydrogen (secondary N) is 2. The molecule has 0 spiro atoms. The van der Waals surface area contributed by atoms with Crippen LogP contribution in [-0.2, 0) is 6.42 Å². The quantitative estimate of drug-likeness (QED) is 0.655. The first kappa shape index (κ1) is 19.7. The molecule has 2 aliphatic rings. The van der Waals surface area contributed by atoms with Crippen LogP contribution in [0.1, 0.15) is 25.9 Å². The van der Waals surface area contributed by atoms with Gasteiger partial charge in [0.1, 0.15) is 5.69 Å². The fraction of sp³-hybridized carbons (Fsp3) is 0.273. The lowest BCUT2D eigenvalue weighted by Gasteiger charge is -2.30. The standard InChI is InChI=1S/C22H22N6O2S/c29-20(25-16-13-24-7-5-19(16)27-11-8-23-9-12-27)21-26-17(14-31-21)22(30)28-10-6-15-3-1-2-4-18(15)28/h1-5,7,13-14,23H,6,8-12H2,(H,25,29). The van der Waals surface area contributed by atoms with Crippen LogP contribution in [0.5, 0.6) is 0 Å². The van der Waals surface area contributed by atoms with Crippen LogP contribution in [-0.4, -0.2) is 54.5 Å². The minimum Gasteiger partial charge on any atom is -0.367 e. The average molecular weight is 435 g/mol. The van der Waals surface area contributed by atoms with Gasteiger partial charge in [-0.1, -0.05) is 18.2 Å². The summed E-state index contributed by atoms with van der Waals surface area (Å²) in [7, 11) is 0. The van der Waals surface area contributed by atoms with Gasteiger partial charge in [-0.25, -0.2) is 4.98 Å². The third kappa shape index (κ3) is 3.89. The number of benzene rings is 1. The number of nitrogens with zero attached hydrogens (tertiary/aromatic N) is 4. The summed E-state index contributed by atoms with van der Waals surface area (Å²) in [6, 6.07) is 9.79. The Kier molecular flexibility index (Phi) is 5.35. The molecule has 1 saturated heterocycles. The topological polar surface area (TPSA) is 90.5 Å². The molecule has 0 aliphatic carbocycles. The van der Waals surface area contributed by atoms with E-state index in [0.29, 0.717) is 17.9 Å². The Balaban J connectivity index is 1.32. The molecule has 3 aromatic rings. The van der Waals surface area contributed by atoms with Gasteiger partial charge in [-0.3, -0.25) is 14.6 Å². The number of aromatic nitrogens is 2. The van der Waals surface area contributed by atoms with Crippen LogP contribution < -0.4 is 20.4 Å². The molecule has 2 aromatic heterocycles. The largest absolute Gasteiger partial charge is 0.367 e. The maximum atomic E-state index is 13.0. The highest BCUT2D eigenvalue weighted by Gasteiger charge is 2.27. The van der Waals surface area contributed by atoms with E-state index in [1.807, 2.05) is 30.3 Å². The molecule has 1 aromatic carbocycles. The third-order valence-corrected chi connectivity index (χ3v) is 6.39. The number of thiazole rings is 1. The van der Waals surface area contributed by atoms with E-state index < -0.39 is 0 Å². The molecule has 2 aliphatic heterocycles. The Labute approximate surface area is 183 Å². The number of para-hydroxylation sites is 1. The summed E-state index contributed by atoms with van der Waals surface area (Å²) < 4.78 is 0. The van der Waals surface area contributed by atoms with E-state index in [9.17, 15) is 9.59 Å². The van der Waals surface area contributed by atoms with Crippen LogP contribution in [0.3, 0.4) is 0 Å². The second-order valence-corrected chi connectivity index (χ2v) is 8.32. The summed E-state index contributed by atoms with van der Waals surface area (Å²) in [5, 5.41) is 8.15. The fourth-order valence-electron chi connectivity index (χ4n) is 4.00. The van der Waals surface area contributed by atoms with Gasteiger partial charge in [-0.05, 0) is 24.1 Å². The molecule has 158 valence electrons. The fourth-order valence-corrected chi connectivity index (χ4v) is 4.69. The average Bonchev–Trinajstić information content (AvgIpc) is 3.47. The van der Waals surface area contributed by atoms with Crippen LogP contribution in [0.4, 0.5) is 17.1 Å². The maximum absolute atomic E-state index is 13.0. The predicted octanol–water partition coefficient (Wildman–Crippen LogP) is 2.40. The van der Waals surface area contributed by atoms with Gasteiger partial charge in [0.25, 0.3) is 11.8 Å². The summed E-state index contributed by atoms with van der Waals surface area (Å²) in [6.07, 6.45) is 4.20. The molecule has 4 heterocycles. The maximum Gasteiger partial charge on any atom is 0.284 e. The van der Waals surface area contributed by atoms with Crippen molar-refractivity contribution in [3.63, 3.8) is 0 Å². The number of carbonyl (C=O) groups is 2. The van der Waals surface area contributed by atoms with Gasteiger partial charge in [0, 0.05) is 50.0 Å². The first-order valence-corrected chi connectivity index (χ1v) is 11.1. The Bertz CT molecular complexity index is 1120. The number of anilines is 3. The minimum atomic E-state index is -0.338. The van der Waals surface area contributed by atoms with E-state index in [1.54, 1.807) is 22.7 Å². The highest BCUT2D eigenvalue weighted by atomic mass is 32.1. The second kappa shape index (κ2) is 8.44. The molecule has 2 amide bonds. The van der Waals surface area contributed by atoms with Crippen molar-refractivity contribution in [1.82, 2.24) is 15.3 Å². The number of piperazine rings is 1. The lowest BCUT2D eigenvalue weighted by molar-refractivity contribution is 0.0985. The molecule has 31 heavy (non-hydrogen) atoms. The van der Waals surface area contributed by atoms with Crippen molar-refractivity contribution >= 4 is 40.2 Å². The predicted molar refractivity (Wildman–Crippen MR) is 121 cm³/mol. The van der Waals surface area contributed by atoms with E-state index >= 15 is 0 Å². The van der Waals surface area contributed by atoms with Crippen LogP contribution in [0, 0.1) is 0 Å². The van der Waals surface area contributed by atoms with E-state index in [-0.39, 0.29) is 16.8 Å². The van der Waals surface area contributed by atoms with Gasteiger partial charge < -0.3 is 20.4 Å². The number of amides is 2. The summed E-state index contributed by atoms with van der Waals surface area (Å²) in [4.78, 5) is 38.3. The molecule has 2 N–H and O–H groups in total. The Hall–Kier alpha value is -3.30. The van der Waals surface area contributed by atoms with E-state index in [2.05, 4.69) is 25.5 Å². The zero-order chi connectivity index (χ0) is 21.2. The number of hydrogen-bond acceptors (Lipinski definition) is 7. The normalized spacial score (nSPS) is 15.6. The summed E-state index contributed by atoms with van der Waals surface area (Å²) >= 11 is 1.17. The molecule has 0 bridgehead atoms. The molecule has 1 fully saturated rings. The first-order valence-electron chi connectivity index (χ1n) is 10.3. The Morgan fingerprint density at radius 1 is 1.06 bits per heavy atom. The van der Waals surface area contributed by atoms with Gasteiger partial charge >= 0.3 is 0 Å². The van der Waals surface area contributed by atoms with Gasteiger partial charge in [-0.15, -0.1) is 11.3 Å². The molecular formula is C22H22N6O2S. The van der Waals surface area contributed by atoms with E-state index in [1.165, 1.54) is 11.3 Å². The number of carbonyl (C=O) groups excluding carboxylic acids is 2. The van der Waals surface area contributed by atoms with Crippen molar-refractivity contribution in [1.29, 1.82) is 0 Å². The van der Waals surface area contributed by atoms with Gasteiger partial charge in [0.05, 0.1) is 17.6 Å². The van der Waals surface area contributed by atoms with Crippen LogP contribution >= 0.6 is 11.3 Å². The van der Waals surface area contributed by atoms with Crippen molar-refractivity contribution in [3.05, 3.63) is 64.4 Å². The highest BCUT2D eigenvalue weighted by molar-refractivity contribution is 7.12. The lowest BCUT2D eigenvalue weighted by Crippen LogP contribution is -2.43. The third-order valence-electron chi connectivity index (χ3n) is 5.55.